The molecule has 4 heterocycles. The van der Waals surface area contributed by atoms with Crippen LogP contribution in [-0.2, 0) is 39.3 Å². The predicted octanol–water partition coefficient (Wildman–Crippen LogP) is 27.9. The Balaban J connectivity index is -0.00000132. The number of rotatable bonds is 20. The Morgan fingerprint density at radius 3 is 0.917 bits per heavy atom. The van der Waals surface area contributed by atoms with Crippen molar-refractivity contribution in [3.63, 3.8) is 0 Å². The topological polar surface area (TPSA) is 404 Å². The number of halogens is 10. The van der Waals surface area contributed by atoms with Crippen molar-refractivity contribution in [1.29, 1.82) is 0 Å². The van der Waals surface area contributed by atoms with E-state index in [0.29, 0.717) is 31.0 Å². The summed E-state index contributed by atoms with van der Waals surface area (Å²) >= 11 is 23.7. The SMILES string of the molecule is CC.CC(I)(I)I.CC(I)I.CCI.CCI.Cc1cc(N)cc2cnn(COCC[Si](C)(C)C)c12.Cc1cc([N+](=O)[O-])cc(C)c1N.Cc1cc([N+](=O)[O-])cc(C)c1N.Cc1cc([N+](=O)[O-])cc2cn[nH]c12.Cc1cc([N+](=O)[O-])cc2cnn(COCC[Si](C)(C)C)c12.Cc1cc([N+](=O)[O-])cc2cnn(COCC[Si](C)(C)C)c12.[CH3-].[I][V]([I])[I]. The first-order valence-electron chi connectivity index (χ1n) is 36.9. The minimum absolute atomic E-state index is 0. The van der Waals surface area contributed by atoms with Crippen LogP contribution in [0.2, 0.25) is 77.1 Å². The van der Waals surface area contributed by atoms with Gasteiger partial charge >= 0.3 is 64.9 Å². The fourth-order valence-corrected chi connectivity index (χ4v) is 12.1. The molecule has 0 amide bonds. The number of nitro groups is 5. The van der Waals surface area contributed by atoms with Crippen LogP contribution < -0.4 is 17.2 Å². The third-order valence-electron chi connectivity index (χ3n) is 15.3. The van der Waals surface area contributed by atoms with Crippen LogP contribution in [0.25, 0.3) is 43.6 Å². The Bertz CT molecular complexity index is 4540. The first kappa shape index (κ1) is 122. The molecule has 0 radical (unpaired) electrons. The molecule has 0 atom stereocenters. The Morgan fingerprint density at radius 1 is 0.450 bits per heavy atom. The van der Waals surface area contributed by atoms with Gasteiger partial charge in [0.15, 0.2) is 0 Å². The van der Waals surface area contributed by atoms with Gasteiger partial charge in [-0.15, -0.1) is 0 Å². The van der Waals surface area contributed by atoms with Crippen molar-refractivity contribution in [3.05, 3.63) is 200 Å². The number of ether oxygens (including phenoxy) is 3. The maximum atomic E-state index is 10.9. The summed E-state index contributed by atoms with van der Waals surface area (Å²) in [5.41, 5.74) is 30.0. The minimum atomic E-state index is -1.09. The van der Waals surface area contributed by atoms with Gasteiger partial charge in [0, 0.05) is 143 Å². The number of H-pyrrole nitrogens is 1. The van der Waals surface area contributed by atoms with Crippen molar-refractivity contribution in [2.75, 3.05) is 45.9 Å². The molecule has 10 aromatic rings. The molecule has 6 aromatic carbocycles. The molecule has 0 unspecified atom stereocenters. The normalized spacial score (nSPS) is 10.7. The van der Waals surface area contributed by atoms with Gasteiger partial charge in [0.25, 0.3) is 28.4 Å². The van der Waals surface area contributed by atoms with Crippen LogP contribution in [0.4, 0.5) is 45.5 Å². The number of nitrogens with two attached hydrogens (primary N) is 3. The number of nitrogens with one attached hydrogen (secondary N) is 1. The second-order valence-corrected chi connectivity index (χ2v) is 104. The summed E-state index contributed by atoms with van der Waals surface area (Å²) in [5, 5.41) is 75.9. The van der Waals surface area contributed by atoms with E-state index in [1.807, 2.05) is 57.6 Å². The second-order valence-electron chi connectivity index (χ2n) is 29.5. The van der Waals surface area contributed by atoms with E-state index in [2.05, 4.69) is 337 Å². The number of aromatic nitrogens is 8. The number of non-ortho nitro benzene ring substituents is 5. The van der Waals surface area contributed by atoms with E-state index in [9.17, 15) is 50.6 Å². The molecule has 0 fully saturated rings. The summed E-state index contributed by atoms with van der Waals surface area (Å²) in [6, 6.07) is 22.5. The van der Waals surface area contributed by atoms with E-state index >= 15 is 0 Å². The number of hydrogen-bond acceptors (Lipinski definition) is 20. The van der Waals surface area contributed by atoms with Gasteiger partial charge in [-0.25, -0.2) is 14.0 Å². The van der Waals surface area contributed by atoms with Gasteiger partial charge in [-0.2, -0.15) is 20.4 Å². The van der Waals surface area contributed by atoms with E-state index in [1.165, 1.54) is 51.3 Å². The molecule has 10 rings (SSSR count). The zero-order valence-electron chi connectivity index (χ0n) is 72.7. The summed E-state index contributed by atoms with van der Waals surface area (Å²) in [6.07, 6.45) is 6.73. The molecule has 0 saturated heterocycles. The molecule has 0 spiro atoms. The molecule has 672 valence electrons. The van der Waals surface area contributed by atoms with Crippen molar-refractivity contribution in [1.82, 2.24) is 39.5 Å². The van der Waals surface area contributed by atoms with Crippen LogP contribution in [0, 0.1) is 113 Å². The van der Waals surface area contributed by atoms with Crippen molar-refractivity contribution in [2.45, 2.75) is 196 Å². The molecule has 29 nitrogen and oxygen atoms in total. The van der Waals surface area contributed by atoms with Crippen LogP contribution in [0.5, 0.6) is 0 Å². The third kappa shape index (κ3) is 52.5. The number of aromatic amines is 1. The Labute approximate surface area is 844 Å². The average Bonchev–Trinajstić information content (AvgIpc) is 1.70. The molecule has 0 saturated carbocycles. The molecule has 4 aromatic heterocycles. The van der Waals surface area contributed by atoms with Crippen molar-refractivity contribution in [3.8, 4) is 0 Å². The quantitative estimate of drug-likeness (QED) is 0.00804. The van der Waals surface area contributed by atoms with Gasteiger partial charge in [-0.3, -0.25) is 55.7 Å². The van der Waals surface area contributed by atoms with E-state index in [1.54, 1.807) is 79.9 Å². The van der Waals surface area contributed by atoms with Crippen molar-refractivity contribution < 1.29 is 43.7 Å². The standard InChI is InChI=1S/2C14H21N3O3Si.C14H23N3OSi.C8H7N3O2.2C8H10N2O2.C2H3I3.C2H4I2.2C2H5I.C2H6.CH3.3HI.V/c2*1-11-7-13(17(18)19)8-12-9-15-16(14(11)12)10-20-5-6-21(2,3)4;1-11-7-13(15)8-12-9-16-17(14(11)12)10-18-5-6-19(2,3)4;1-5-2-7(11(12)13)3-6-4-9-10-8(5)6;2*1-5-3-7(10(11)12)4-6(2)8(5)9;1-2(3,4)5;1-2(3)4;2*1-2-3;1-2;;;;;/h2*7-9H,5-6,10H2,1-4H3;7-9H,5-6,10,15H2,1-4H3;2-4H,1H3,(H,9,10);2*3-4H,9H2,1-2H3;1H3;2H,1H3;2*2H2,1H3;1-2H3;1H3;3*1H;/q;;;;;;;;;;;-1;;;;+3/p-3. The summed E-state index contributed by atoms with van der Waals surface area (Å²) < 4.78 is 26.2. The number of nitrogen functional groups attached to an aromatic ring is 3. The molecule has 0 aliphatic heterocycles. The fraction of sp³-hybridized carbons (Fsp3) is 0.468. The number of nitro benzene ring substituents is 5. The van der Waals surface area contributed by atoms with E-state index in [0.717, 1.165) is 128 Å². The van der Waals surface area contributed by atoms with Crippen LogP contribution in [0.1, 0.15) is 86.1 Å². The average molecular weight is 2880 g/mol. The zero-order valence-corrected chi connectivity index (χ0v) is 98.7. The molecular formula is C77H118I10N16O13Si3V-. The molecule has 0 aliphatic carbocycles. The Morgan fingerprint density at radius 2 is 0.667 bits per heavy atom. The Hall–Kier alpha value is -1.98. The summed E-state index contributed by atoms with van der Waals surface area (Å²) in [6.45, 7) is 51.6. The fourth-order valence-electron chi connectivity index (χ4n) is 9.86. The molecular weight excluding hydrogens is 2760 g/mol. The Kier molecular flexibility index (Phi) is 63.4. The number of aryl methyl sites for hydroxylation is 8. The van der Waals surface area contributed by atoms with Crippen molar-refractivity contribution in [2.24, 2.45) is 0 Å². The maximum absolute atomic E-state index is 10.9. The number of benzene rings is 6. The summed E-state index contributed by atoms with van der Waals surface area (Å²) in [5.74, 6) is 0. The van der Waals surface area contributed by atoms with Gasteiger partial charge in [0.2, 0.25) is 0 Å². The van der Waals surface area contributed by atoms with Crippen LogP contribution in [0.15, 0.2) is 97.6 Å². The number of fused-ring (bicyclic) bond motifs is 4. The molecule has 120 heavy (non-hydrogen) atoms. The van der Waals surface area contributed by atoms with Crippen LogP contribution >= 0.6 is 218 Å². The molecule has 43 heteroatoms. The van der Waals surface area contributed by atoms with Gasteiger partial charge in [-0.1, -0.05) is 245 Å². The number of anilines is 3. The number of alkyl halides is 7. The number of nitrogens with zero attached hydrogens (tertiary/aromatic N) is 12. The van der Waals surface area contributed by atoms with Crippen molar-refractivity contribution >= 4 is 331 Å². The van der Waals surface area contributed by atoms with Crippen LogP contribution in [-0.4, -0.2) is 118 Å². The van der Waals surface area contributed by atoms with Gasteiger partial charge in [0.05, 0.1) is 73.4 Å². The van der Waals surface area contributed by atoms with Gasteiger partial charge in [0.1, 0.15) is 19.6 Å². The van der Waals surface area contributed by atoms with E-state index in [-0.39, 0.29) is 50.6 Å². The first-order chi connectivity index (χ1) is 54.9. The van der Waals surface area contributed by atoms with Gasteiger partial charge < -0.3 is 38.8 Å². The summed E-state index contributed by atoms with van der Waals surface area (Å²) in [4.78, 5) is 50.7. The third-order valence-corrected chi connectivity index (χ3v) is 20.4. The monoisotopic (exact) mass is 2880 g/mol. The van der Waals surface area contributed by atoms with Gasteiger partial charge in [-0.05, 0) is 153 Å². The molecule has 0 aliphatic rings. The second kappa shape index (κ2) is 62.3. The first-order valence-corrected chi connectivity index (χ1v) is 70.4. The molecule has 7 N–H and O–H groups in total. The van der Waals surface area contributed by atoms with Crippen LogP contribution in [0.3, 0.4) is 0 Å². The predicted molar refractivity (Wildman–Crippen MR) is 592 cm³/mol. The number of hydrogen-bond donors (Lipinski definition) is 4. The van der Waals surface area contributed by atoms with E-state index < -0.39 is 39.0 Å². The zero-order chi connectivity index (χ0) is 92.4. The van der Waals surface area contributed by atoms with E-state index in [4.69, 9.17) is 31.4 Å². The summed E-state index contributed by atoms with van der Waals surface area (Å²) in [7, 11) is -3.21. The molecule has 0 bridgehead atoms.